The molecule has 0 aliphatic carbocycles. The molecule has 1 aromatic carbocycles. The normalized spacial score (nSPS) is 14.4. The maximum atomic E-state index is 11.0. The van der Waals surface area contributed by atoms with E-state index < -0.39 is 0 Å². The molecule has 0 bridgehead atoms. The van der Waals surface area contributed by atoms with E-state index in [2.05, 4.69) is 31.4 Å². The van der Waals surface area contributed by atoms with Crippen molar-refractivity contribution < 1.29 is 9.53 Å². The molecule has 0 radical (unpaired) electrons. The lowest BCUT2D eigenvalue weighted by Gasteiger charge is -2.37. The van der Waals surface area contributed by atoms with Crippen molar-refractivity contribution in [3.63, 3.8) is 0 Å². The second kappa shape index (κ2) is 7.16. The monoisotopic (exact) mass is 327 g/mol. The first-order chi connectivity index (χ1) is 11.7. The molecular weight excluding hydrogens is 306 g/mol. The minimum absolute atomic E-state index is 0.150. The van der Waals surface area contributed by atoms with Crippen molar-refractivity contribution in [3.05, 3.63) is 36.4 Å². The van der Waals surface area contributed by atoms with Gasteiger partial charge in [-0.1, -0.05) is 12.1 Å². The zero-order chi connectivity index (χ0) is 16.9. The highest BCUT2D eigenvalue weighted by molar-refractivity contribution is 5.87. The van der Waals surface area contributed by atoms with Gasteiger partial charge in [0, 0.05) is 33.1 Å². The van der Waals surface area contributed by atoms with Crippen molar-refractivity contribution in [2.75, 3.05) is 48.4 Å². The summed E-state index contributed by atoms with van der Waals surface area (Å²) in [5.41, 5.74) is 1.12. The number of nitrogens with zero attached hydrogens (tertiary/aromatic N) is 4. The van der Waals surface area contributed by atoms with Crippen molar-refractivity contribution in [2.24, 2.45) is 0 Å². The van der Waals surface area contributed by atoms with Crippen LogP contribution < -0.4 is 19.9 Å². The number of ether oxygens (including phenoxy) is 1. The molecule has 2 aromatic rings. The number of aromatic nitrogens is 2. The summed E-state index contributed by atoms with van der Waals surface area (Å²) >= 11 is 0. The van der Waals surface area contributed by atoms with Crippen molar-refractivity contribution in [1.29, 1.82) is 0 Å². The van der Waals surface area contributed by atoms with Gasteiger partial charge in [0.15, 0.2) is 11.6 Å². The largest absolute Gasteiger partial charge is 0.495 e. The maximum Gasteiger partial charge on any atom is 0.222 e. The lowest BCUT2D eigenvalue weighted by Crippen LogP contribution is -2.47. The molecule has 24 heavy (non-hydrogen) atoms. The fraction of sp³-hybridized carbons (Fsp3) is 0.353. The van der Waals surface area contributed by atoms with Gasteiger partial charge < -0.3 is 19.9 Å². The van der Waals surface area contributed by atoms with Crippen LogP contribution in [0.4, 0.5) is 17.3 Å². The first-order valence-electron chi connectivity index (χ1n) is 7.91. The number of benzene rings is 1. The number of carbonyl (C=O) groups excluding carboxylic acids is 1. The summed E-state index contributed by atoms with van der Waals surface area (Å²) in [5.74, 6) is 2.04. The average molecular weight is 327 g/mol. The van der Waals surface area contributed by atoms with E-state index in [1.165, 1.54) is 6.92 Å². The third kappa shape index (κ3) is 3.56. The van der Waals surface area contributed by atoms with Gasteiger partial charge in [0.2, 0.25) is 5.91 Å². The molecule has 7 nitrogen and oxygen atoms in total. The van der Waals surface area contributed by atoms with Crippen LogP contribution in [0.25, 0.3) is 0 Å². The summed E-state index contributed by atoms with van der Waals surface area (Å²) in [6.45, 7) is 4.93. The number of rotatable bonds is 4. The Morgan fingerprint density at radius 2 is 1.75 bits per heavy atom. The van der Waals surface area contributed by atoms with Crippen LogP contribution in [0.2, 0.25) is 0 Å². The quantitative estimate of drug-likeness (QED) is 0.923. The molecule has 1 aliphatic rings. The molecule has 1 aliphatic heterocycles. The van der Waals surface area contributed by atoms with E-state index in [0.29, 0.717) is 5.82 Å². The summed E-state index contributed by atoms with van der Waals surface area (Å²) in [6.07, 6.45) is 0. The highest BCUT2D eigenvalue weighted by atomic mass is 16.5. The van der Waals surface area contributed by atoms with Crippen LogP contribution in [0.1, 0.15) is 6.92 Å². The maximum absolute atomic E-state index is 11.0. The standard InChI is InChI=1S/C17H21N5O2/c1-13(23)18-16-7-8-17(20-19-16)22-11-9-21(10-12-22)14-5-3-4-6-15(14)24-2/h3-8H,9-12H2,1-2H3,(H,18,19,23). The molecule has 7 heteroatoms. The van der Waals surface area contributed by atoms with Crippen LogP contribution in [0.5, 0.6) is 5.75 Å². The van der Waals surface area contributed by atoms with Crippen LogP contribution in [0.15, 0.2) is 36.4 Å². The Hall–Kier alpha value is -2.83. The van der Waals surface area contributed by atoms with E-state index in [0.717, 1.165) is 43.4 Å². The van der Waals surface area contributed by atoms with E-state index >= 15 is 0 Å². The molecule has 0 atom stereocenters. The predicted molar refractivity (Wildman–Crippen MR) is 93.8 cm³/mol. The molecule has 0 spiro atoms. The Bertz CT molecular complexity index is 696. The van der Waals surface area contributed by atoms with Crippen LogP contribution >= 0.6 is 0 Å². The number of anilines is 3. The van der Waals surface area contributed by atoms with Crippen molar-refractivity contribution in [1.82, 2.24) is 10.2 Å². The van der Waals surface area contributed by atoms with Crippen molar-refractivity contribution >= 4 is 23.2 Å². The Morgan fingerprint density at radius 3 is 2.38 bits per heavy atom. The van der Waals surface area contributed by atoms with Crippen molar-refractivity contribution in [3.8, 4) is 5.75 Å². The highest BCUT2D eigenvalue weighted by Gasteiger charge is 2.20. The van der Waals surface area contributed by atoms with Crippen LogP contribution in [-0.4, -0.2) is 49.4 Å². The molecule has 1 aromatic heterocycles. The predicted octanol–water partition coefficient (Wildman–Crippen LogP) is 1.77. The molecule has 1 fully saturated rings. The molecule has 1 amide bonds. The summed E-state index contributed by atoms with van der Waals surface area (Å²) < 4.78 is 5.44. The second-order valence-electron chi connectivity index (χ2n) is 5.60. The lowest BCUT2D eigenvalue weighted by atomic mass is 10.2. The zero-order valence-electron chi connectivity index (χ0n) is 13.9. The fourth-order valence-electron chi connectivity index (χ4n) is 2.81. The minimum atomic E-state index is -0.150. The molecule has 0 unspecified atom stereocenters. The van der Waals surface area contributed by atoms with Gasteiger partial charge in [-0.3, -0.25) is 4.79 Å². The molecule has 1 N–H and O–H groups in total. The van der Waals surface area contributed by atoms with Gasteiger partial charge in [0.1, 0.15) is 5.75 Å². The Balaban J connectivity index is 1.63. The van der Waals surface area contributed by atoms with E-state index in [9.17, 15) is 4.79 Å². The minimum Gasteiger partial charge on any atom is -0.495 e. The van der Waals surface area contributed by atoms with E-state index in [1.807, 2.05) is 24.3 Å². The Kier molecular flexibility index (Phi) is 4.79. The average Bonchev–Trinajstić information content (AvgIpc) is 2.62. The first kappa shape index (κ1) is 16.0. The van der Waals surface area contributed by atoms with E-state index in [4.69, 9.17) is 4.74 Å². The third-order valence-corrected chi connectivity index (χ3v) is 3.98. The van der Waals surface area contributed by atoms with E-state index in [1.54, 1.807) is 13.2 Å². The van der Waals surface area contributed by atoms with Gasteiger partial charge in [0.05, 0.1) is 12.8 Å². The second-order valence-corrected chi connectivity index (χ2v) is 5.60. The summed E-state index contributed by atoms with van der Waals surface area (Å²) in [7, 11) is 1.70. The highest BCUT2D eigenvalue weighted by Crippen LogP contribution is 2.28. The van der Waals surface area contributed by atoms with Gasteiger partial charge in [-0.15, -0.1) is 10.2 Å². The number of carbonyl (C=O) groups is 1. The SMILES string of the molecule is COc1ccccc1N1CCN(c2ccc(NC(C)=O)nn2)CC1. The summed E-state index contributed by atoms with van der Waals surface area (Å²) in [6, 6.07) is 11.7. The molecule has 1 saturated heterocycles. The molecule has 3 rings (SSSR count). The van der Waals surface area contributed by atoms with Gasteiger partial charge in [-0.05, 0) is 24.3 Å². The number of para-hydroxylation sites is 2. The lowest BCUT2D eigenvalue weighted by molar-refractivity contribution is -0.114. The number of nitrogens with one attached hydrogen (secondary N) is 1. The van der Waals surface area contributed by atoms with Gasteiger partial charge in [-0.25, -0.2) is 0 Å². The van der Waals surface area contributed by atoms with E-state index in [-0.39, 0.29) is 5.91 Å². The number of methoxy groups -OCH3 is 1. The Morgan fingerprint density at radius 1 is 1.04 bits per heavy atom. The van der Waals surface area contributed by atoms with Crippen molar-refractivity contribution in [2.45, 2.75) is 6.92 Å². The Labute approximate surface area is 141 Å². The summed E-state index contributed by atoms with van der Waals surface area (Å²) in [4.78, 5) is 15.5. The fourth-order valence-corrected chi connectivity index (χ4v) is 2.81. The van der Waals surface area contributed by atoms with Crippen LogP contribution in [0, 0.1) is 0 Å². The molecule has 0 saturated carbocycles. The van der Waals surface area contributed by atoms with Gasteiger partial charge in [-0.2, -0.15) is 0 Å². The molecule has 2 heterocycles. The number of hydrogen-bond donors (Lipinski definition) is 1. The molecular formula is C17H21N5O2. The van der Waals surface area contributed by atoms with Gasteiger partial charge >= 0.3 is 0 Å². The molecule has 126 valence electrons. The number of amides is 1. The zero-order valence-corrected chi connectivity index (χ0v) is 13.9. The van der Waals surface area contributed by atoms with Gasteiger partial charge in [0.25, 0.3) is 0 Å². The number of hydrogen-bond acceptors (Lipinski definition) is 6. The number of piperazine rings is 1. The van der Waals surface area contributed by atoms with Crippen LogP contribution in [0.3, 0.4) is 0 Å². The third-order valence-electron chi connectivity index (χ3n) is 3.98. The summed E-state index contributed by atoms with van der Waals surface area (Å²) in [5, 5.41) is 10.9. The smallest absolute Gasteiger partial charge is 0.222 e. The van der Waals surface area contributed by atoms with Crippen LogP contribution in [-0.2, 0) is 4.79 Å². The topological polar surface area (TPSA) is 70.6 Å². The first-order valence-corrected chi connectivity index (χ1v) is 7.91.